The average molecular weight is 185 g/mol. The fraction of sp³-hybridized carbons (Fsp3) is 0. The molecule has 1 aromatic heterocycles. The second kappa shape index (κ2) is 3.28. The van der Waals surface area contributed by atoms with Gasteiger partial charge in [-0.2, -0.15) is 5.26 Å². The first-order valence-corrected chi connectivity index (χ1v) is 3.28. The molecule has 0 aromatic carbocycles. The SMILES string of the molecule is N#Cc1c(F)cncc1C(=O)Cl. The van der Waals surface area contributed by atoms with Crippen molar-refractivity contribution >= 4 is 16.8 Å². The van der Waals surface area contributed by atoms with Crippen LogP contribution in [0.25, 0.3) is 0 Å². The van der Waals surface area contributed by atoms with E-state index in [9.17, 15) is 9.18 Å². The molecule has 0 aliphatic heterocycles. The Hall–Kier alpha value is -1.47. The zero-order valence-electron chi connectivity index (χ0n) is 5.71. The first-order chi connectivity index (χ1) is 5.66. The van der Waals surface area contributed by atoms with E-state index in [1.165, 1.54) is 6.07 Å². The van der Waals surface area contributed by atoms with Gasteiger partial charge in [-0.25, -0.2) is 4.39 Å². The molecule has 0 aliphatic rings. The second-order valence-corrected chi connectivity index (χ2v) is 2.27. The fourth-order valence-corrected chi connectivity index (χ4v) is 0.841. The molecule has 0 spiro atoms. The van der Waals surface area contributed by atoms with E-state index in [4.69, 9.17) is 16.9 Å². The third-order valence-corrected chi connectivity index (χ3v) is 1.43. The molecule has 0 unspecified atom stereocenters. The monoisotopic (exact) mass is 184 g/mol. The van der Waals surface area contributed by atoms with Gasteiger partial charge in [0.25, 0.3) is 5.24 Å². The molecule has 0 radical (unpaired) electrons. The van der Waals surface area contributed by atoms with E-state index in [1.54, 1.807) is 0 Å². The van der Waals surface area contributed by atoms with Crippen LogP contribution in [0, 0.1) is 17.1 Å². The van der Waals surface area contributed by atoms with Crippen LogP contribution in [-0.4, -0.2) is 10.2 Å². The predicted molar refractivity (Wildman–Crippen MR) is 39.1 cm³/mol. The van der Waals surface area contributed by atoms with Gasteiger partial charge in [-0.05, 0) is 11.6 Å². The Balaban J connectivity index is 3.40. The Kier molecular flexibility index (Phi) is 2.36. The number of aromatic nitrogens is 1. The molecule has 0 fully saturated rings. The minimum Gasteiger partial charge on any atom is -0.275 e. The number of hydrogen-bond donors (Lipinski definition) is 0. The van der Waals surface area contributed by atoms with Crippen molar-refractivity contribution in [2.24, 2.45) is 0 Å². The smallest absolute Gasteiger partial charge is 0.255 e. The Labute approximate surface area is 72.4 Å². The lowest BCUT2D eigenvalue weighted by atomic mass is 10.2. The normalized spacial score (nSPS) is 9.08. The number of nitrogens with zero attached hydrogens (tertiary/aromatic N) is 2. The summed E-state index contributed by atoms with van der Waals surface area (Å²) in [7, 11) is 0. The Morgan fingerprint density at radius 2 is 2.33 bits per heavy atom. The molecule has 0 bridgehead atoms. The summed E-state index contributed by atoms with van der Waals surface area (Å²) < 4.78 is 12.7. The van der Waals surface area contributed by atoms with Crippen LogP contribution in [-0.2, 0) is 0 Å². The summed E-state index contributed by atoms with van der Waals surface area (Å²) in [5.41, 5.74) is -0.579. The van der Waals surface area contributed by atoms with E-state index in [1.807, 2.05) is 0 Å². The maximum Gasteiger partial charge on any atom is 0.255 e. The molecule has 60 valence electrons. The molecule has 1 aromatic rings. The molecule has 3 nitrogen and oxygen atoms in total. The number of pyridine rings is 1. The van der Waals surface area contributed by atoms with E-state index in [2.05, 4.69) is 4.98 Å². The first kappa shape index (κ1) is 8.62. The van der Waals surface area contributed by atoms with E-state index in [0.717, 1.165) is 12.4 Å². The highest BCUT2D eigenvalue weighted by molar-refractivity contribution is 6.68. The zero-order valence-corrected chi connectivity index (χ0v) is 6.47. The third-order valence-electron chi connectivity index (χ3n) is 1.22. The molecule has 1 heterocycles. The summed E-state index contributed by atoms with van der Waals surface area (Å²) in [5.74, 6) is -0.844. The molecule has 5 heteroatoms. The van der Waals surface area contributed by atoms with Crippen LogP contribution in [0.4, 0.5) is 4.39 Å². The Bertz CT molecular complexity index is 372. The van der Waals surface area contributed by atoms with Gasteiger partial charge in [0.2, 0.25) is 0 Å². The highest BCUT2D eigenvalue weighted by Crippen LogP contribution is 2.12. The van der Waals surface area contributed by atoms with Crippen molar-refractivity contribution in [3.63, 3.8) is 0 Å². The summed E-state index contributed by atoms with van der Waals surface area (Å²) in [4.78, 5) is 14.0. The lowest BCUT2D eigenvalue weighted by Gasteiger charge is -1.96. The van der Waals surface area contributed by atoms with Gasteiger partial charge in [-0.3, -0.25) is 9.78 Å². The number of carbonyl (C=O) groups excluding carboxylic acids is 1. The van der Waals surface area contributed by atoms with Crippen molar-refractivity contribution < 1.29 is 9.18 Å². The van der Waals surface area contributed by atoms with Crippen LogP contribution in [0.15, 0.2) is 12.4 Å². The van der Waals surface area contributed by atoms with Gasteiger partial charge in [0.05, 0.1) is 11.8 Å². The van der Waals surface area contributed by atoms with Gasteiger partial charge in [-0.1, -0.05) is 0 Å². The van der Waals surface area contributed by atoms with Gasteiger partial charge < -0.3 is 0 Å². The van der Waals surface area contributed by atoms with Crippen molar-refractivity contribution in [1.82, 2.24) is 4.98 Å². The number of hydrogen-bond acceptors (Lipinski definition) is 3. The topological polar surface area (TPSA) is 53.8 Å². The Morgan fingerprint density at radius 1 is 1.67 bits per heavy atom. The van der Waals surface area contributed by atoms with Crippen LogP contribution in [0.1, 0.15) is 15.9 Å². The predicted octanol–water partition coefficient (Wildman–Crippen LogP) is 1.47. The zero-order chi connectivity index (χ0) is 9.14. The third kappa shape index (κ3) is 1.41. The summed E-state index contributed by atoms with van der Waals surface area (Å²) in [6.07, 6.45) is 1.90. The van der Waals surface area contributed by atoms with E-state index < -0.39 is 11.1 Å². The molecule has 0 saturated carbocycles. The van der Waals surface area contributed by atoms with Crippen molar-refractivity contribution in [2.75, 3.05) is 0 Å². The summed E-state index contributed by atoms with van der Waals surface area (Å²) >= 11 is 5.06. The van der Waals surface area contributed by atoms with Crippen LogP contribution in [0.5, 0.6) is 0 Å². The van der Waals surface area contributed by atoms with Crippen molar-refractivity contribution in [3.05, 3.63) is 29.3 Å². The number of nitriles is 1. The van der Waals surface area contributed by atoms with Gasteiger partial charge in [0.15, 0.2) is 5.82 Å². The minimum atomic E-state index is -0.890. The molecule has 0 aliphatic carbocycles. The van der Waals surface area contributed by atoms with Gasteiger partial charge in [-0.15, -0.1) is 0 Å². The molecule has 0 atom stereocenters. The quantitative estimate of drug-likeness (QED) is 0.621. The molecule has 0 saturated heterocycles. The van der Waals surface area contributed by atoms with E-state index in [-0.39, 0.29) is 11.1 Å². The molecule has 0 N–H and O–H groups in total. The number of carbonyl (C=O) groups is 1. The van der Waals surface area contributed by atoms with Crippen molar-refractivity contribution in [3.8, 4) is 6.07 Å². The highest BCUT2D eigenvalue weighted by Gasteiger charge is 2.12. The van der Waals surface area contributed by atoms with Crippen molar-refractivity contribution in [1.29, 1.82) is 5.26 Å². The second-order valence-electron chi connectivity index (χ2n) is 1.93. The largest absolute Gasteiger partial charge is 0.275 e. The molecule has 1 rings (SSSR count). The van der Waals surface area contributed by atoms with Gasteiger partial charge >= 0.3 is 0 Å². The Morgan fingerprint density at radius 3 is 2.75 bits per heavy atom. The lowest BCUT2D eigenvalue weighted by molar-refractivity contribution is 0.108. The molecular formula is C7H2ClFN2O. The van der Waals surface area contributed by atoms with Crippen LogP contribution >= 0.6 is 11.6 Å². The minimum absolute atomic E-state index is 0.209. The molecule has 0 amide bonds. The van der Waals surface area contributed by atoms with E-state index >= 15 is 0 Å². The number of rotatable bonds is 1. The summed E-state index contributed by atoms with van der Waals surface area (Å²) in [5, 5.41) is 7.53. The van der Waals surface area contributed by atoms with Crippen LogP contribution in [0.2, 0.25) is 0 Å². The van der Waals surface area contributed by atoms with Gasteiger partial charge in [0, 0.05) is 6.20 Å². The van der Waals surface area contributed by atoms with E-state index in [0.29, 0.717) is 0 Å². The summed E-state index contributed by atoms with van der Waals surface area (Å²) in [6, 6.07) is 1.52. The number of halogens is 2. The highest BCUT2D eigenvalue weighted by atomic mass is 35.5. The molecule has 12 heavy (non-hydrogen) atoms. The summed E-state index contributed by atoms with van der Waals surface area (Å²) in [6.45, 7) is 0. The van der Waals surface area contributed by atoms with Crippen LogP contribution < -0.4 is 0 Å². The standard InChI is InChI=1S/C7H2ClFN2O/c8-7(12)5-2-11-3-6(9)4(5)1-10/h2-3H. The fourth-order valence-electron chi connectivity index (χ4n) is 0.698. The first-order valence-electron chi connectivity index (χ1n) is 2.90. The van der Waals surface area contributed by atoms with Crippen molar-refractivity contribution in [2.45, 2.75) is 0 Å². The van der Waals surface area contributed by atoms with Crippen LogP contribution in [0.3, 0.4) is 0 Å². The maximum atomic E-state index is 12.7. The lowest BCUT2D eigenvalue weighted by Crippen LogP contribution is -1.98. The van der Waals surface area contributed by atoms with Gasteiger partial charge in [0.1, 0.15) is 11.6 Å². The maximum absolute atomic E-state index is 12.7. The molecular weight excluding hydrogens is 183 g/mol. The average Bonchev–Trinajstić information content (AvgIpc) is 2.03.